The molecule has 0 aromatic carbocycles. The van der Waals surface area contributed by atoms with Crippen molar-refractivity contribution in [3.8, 4) is 0 Å². The van der Waals surface area contributed by atoms with Crippen molar-refractivity contribution in [3.63, 3.8) is 0 Å². The highest BCUT2D eigenvalue weighted by atomic mass is 16.4. The van der Waals surface area contributed by atoms with Gasteiger partial charge in [0.05, 0.1) is 6.42 Å². The molecule has 24 heavy (non-hydrogen) atoms. The molecule has 3 rings (SSSR count). The lowest BCUT2D eigenvalue weighted by Gasteiger charge is -2.33. The number of aromatic carboxylic acids is 1. The largest absolute Gasteiger partial charge is 0.477 e. The summed E-state index contributed by atoms with van der Waals surface area (Å²) < 4.78 is 1.78. The Hall–Kier alpha value is -2.83. The van der Waals surface area contributed by atoms with Crippen molar-refractivity contribution < 1.29 is 14.7 Å². The Morgan fingerprint density at radius 1 is 1.21 bits per heavy atom. The van der Waals surface area contributed by atoms with Crippen molar-refractivity contribution in [2.24, 2.45) is 0 Å². The molecule has 3 heterocycles. The summed E-state index contributed by atoms with van der Waals surface area (Å²) >= 11 is 0. The highest BCUT2D eigenvalue weighted by molar-refractivity contribution is 5.85. The van der Waals surface area contributed by atoms with Crippen molar-refractivity contribution in [1.82, 2.24) is 14.5 Å². The van der Waals surface area contributed by atoms with E-state index < -0.39 is 5.97 Å². The number of nitrogens with zero attached hydrogens (tertiary/aromatic N) is 2. The Morgan fingerprint density at radius 2 is 1.96 bits per heavy atom. The minimum atomic E-state index is -0.934. The van der Waals surface area contributed by atoms with Gasteiger partial charge in [-0.25, -0.2) is 4.79 Å². The number of pyridine rings is 1. The van der Waals surface area contributed by atoms with E-state index in [1.807, 2.05) is 0 Å². The number of rotatable bonds is 4. The molecule has 2 N–H and O–H groups in total. The Bertz CT molecular complexity index is 780. The molecule has 0 aliphatic carbocycles. The van der Waals surface area contributed by atoms with Crippen LogP contribution in [0.15, 0.2) is 41.5 Å². The summed E-state index contributed by atoms with van der Waals surface area (Å²) in [6.45, 7) is 1.20. The predicted octanol–water partition coefficient (Wildman–Crippen LogP) is 1.28. The van der Waals surface area contributed by atoms with Crippen LogP contribution in [-0.4, -0.2) is 44.5 Å². The van der Waals surface area contributed by atoms with Crippen molar-refractivity contribution >= 4 is 11.9 Å². The molecule has 0 bridgehead atoms. The number of hydrogen-bond acceptors (Lipinski definition) is 3. The molecule has 2 aromatic rings. The fraction of sp³-hybridized carbons (Fsp3) is 0.353. The van der Waals surface area contributed by atoms with Crippen LogP contribution in [0, 0.1) is 0 Å². The van der Waals surface area contributed by atoms with Crippen LogP contribution in [0.2, 0.25) is 0 Å². The zero-order chi connectivity index (χ0) is 17.1. The van der Waals surface area contributed by atoms with Gasteiger partial charge in [0.1, 0.15) is 5.69 Å². The molecule has 0 saturated carbocycles. The Morgan fingerprint density at radius 3 is 2.58 bits per heavy atom. The molecular formula is C17H19N3O4. The monoisotopic (exact) mass is 329 g/mol. The number of aromatic nitrogens is 2. The van der Waals surface area contributed by atoms with Crippen LogP contribution in [0.3, 0.4) is 0 Å². The van der Waals surface area contributed by atoms with E-state index >= 15 is 0 Å². The maximum atomic E-state index is 12.4. The van der Waals surface area contributed by atoms with Gasteiger partial charge in [-0.05, 0) is 30.5 Å². The fourth-order valence-corrected chi connectivity index (χ4v) is 3.13. The molecule has 7 heteroatoms. The molecule has 1 aliphatic rings. The number of carboxylic acids is 1. The lowest BCUT2D eigenvalue weighted by molar-refractivity contribution is -0.131. The van der Waals surface area contributed by atoms with E-state index in [0.717, 1.165) is 18.4 Å². The molecular weight excluding hydrogens is 310 g/mol. The number of piperidine rings is 1. The topological polar surface area (TPSA) is 95.4 Å². The highest BCUT2D eigenvalue weighted by Gasteiger charge is 2.25. The summed E-state index contributed by atoms with van der Waals surface area (Å²) in [6, 6.07) is 6.49. The third kappa shape index (κ3) is 3.40. The van der Waals surface area contributed by atoms with Gasteiger partial charge in [0.15, 0.2) is 0 Å². The Balaban J connectivity index is 1.59. The molecule has 0 radical (unpaired) electrons. The maximum absolute atomic E-state index is 12.4. The summed E-state index contributed by atoms with van der Waals surface area (Å²) in [6.07, 6.45) is 5.06. The van der Waals surface area contributed by atoms with Gasteiger partial charge in [0.2, 0.25) is 11.5 Å². The number of carbonyl (C=O) groups is 2. The summed E-state index contributed by atoms with van der Waals surface area (Å²) in [5.41, 5.74) is 0.876. The first-order chi connectivity index (χ1) is 11.5. The van der Waals surface area contributed by atoms with E-state index in [1.165, 1.54) is 6.07 Å². The van der Waals surface area contributed by atoms with Gasteiger partial charge >= 0.3 is 5.97 Å². The number of H-pyrrole nitrogens is 1. The Kier molecular flexibility index (Phi) is 4.50. The van der Waals surface area contributed by atoms with Crippen molar-refractivity contribution in [1.29, 1.82) is 0 Å². The van der Waals surface area contributed by atoms with Crippen LogP contribution >= 0.6 is 0 Å². The van der Waals surface area contributed by atoms with Crippen molar-refractivity contribution in [2.45, 2.75) is 25.3 Å². The number of carbonyl (C=O) groups excluding carboxylic acids is 1. The van der Waals surface area contributed by atoms with Crippen LogP contribution in [0.25, 0.3) is 0 Å². The molecule has 1 aliphatic heterocycles. The quantitative estimate of drug-likeness (QED) is 0.883. The van der Waals surface area contributed by atoms with Gasteiger partial charge in [-0.2, -0.15) is 0 Å². The van der Waals surface area contributed by atoms with Gasteiger partial charge in [0, 0.05) is 37.6 Å². The number of nitrogens with one attached hydrogen (secondary N) is 1. The van der Waals surface area contributed by atoms with Crippen LogP contribution in [0.1, 0.15) is 34.9 Å². The highest BCUT2D eigenvalue weighted by Crippen LogP contribution is 2.25. The first-order valence-electron chi connectivity index (χ1n) is 7.90. The Labute approximate surface area is 138 Å². The van der Waals surface area contributed by atoms with Crippen LogP contribution in [0.4, 0.5) is 0 Å². The molecule has 0 unspecified atom stereocenters. The summed E-state index contributed by atoms with van der Waals surface area (Å²) in [5, 5.41) is 9.20. The first kappa shape index (κ1) is 16.0. The van der Waals surface area contributed by atoms with Crippen molar-refractivity contribution in [2.75, 3.05) is 13.1 Å². The number of aromatic amines is 1. The summed E-state index contributed by atoms with van der Waals surface area (Å²) in [5.74, 6) is -0.914. The minimum absolute atomic E-state index is 0.0199. The molecule has 0 spiro atoms. The smallest absolute Gasteiger partial charge is 0.352 e. The lowest BCUT2D eigenvalue weighted by atomic mass is 10.0. The van der Waals surface area contributed by atoms with Gasteiger partial charge in [0.25, 0.3) is 0 Å². The molecule has 1 fully saturated rings. The number of amides is 1. The van der Waals surface area contributed by atoms with E-state index in [9.17, 15) is 19.5 Å². The van der Waals surface area contributed by atoms with Gasteiger partial charge in [-0.3, -0.25) is 9.59 Å². The van der Waals surface area contributed by atoms with Crippen molar-refractivity contribution in [3.05, 3.63) is 58.3 Å². The molecule has 2 aromatic heterocycles. The molecule has 7 nitrogen and oxygen atoms in total. The second kappa shape index (κ2) is 6.74. The predicted molar refractivity (Wildman–Crippen MR) is 87.0 cm³/mol. The molecule has 126 valence electrons. The average molecular weight is 329 g/mol. The maximum Gasteiger partial charge on any atom is 0.352 e. The molecule has 1 saturated heterocycles. The summed E-state index contributed by atoms with van der Waals surface area (Å²) in [7, 11) is 0. The van der Waals surface area contributed by atoms with Gasteiger partial charge in [-0.15, -0.1) is 0 Å². The van der Waals surface area contributed by atoms with Crippen LogP contribution in [0.5, 0.6) is 0 Å². The summed E-state index contributed by atoms with van der Waals surface area (Å²) in [4.78, 5) is 39.0. The average Bonchev–Trinajstić information content (AvgIpc) is 3.07. The third-order valence-corrected chi connectivity index (χ3v) is 4.41. The fourth-order valence-electron chi connectivity index (χ4n) is 3.13. The number of hydrogen-bond donors (Lipinski definition) is 2. The molecule has 1 amide bonds. The SMILES string of the molecule is O=C(O)c1cccn1C1CCN(C(=O)Cc2ccc(=O)[nH]c2)CC1. The van der Waals surface area contributed by atoms with E-state index in [2.05, 4.69) is 4.98 Å². The molecule has 0 atom stereocenters. The normalized spacial score (nSPS) is 15.4. The number of carboxylic acid groups (broad SMARTS) is 1. The van der Waals surface area contributed by atoms with E-state index in [1.54, 1.807) is 40.1 Å². The van der Waals surface area contributed by atoms with Crippen LogP contribution < -0.4 is 5.56 Å². The first-order valence-corrected chi connectivity index (χ1v) is 7.90. The lowest BCUT2D eigenvalue weighted by Crippen LogP contribution is -2.40. The third-order valence-electron chi connectivity index (χ3n) is 4.41. The zero-order valence-corrected chi connectivity index (χ0v) is 13.1. The van der Waals surface area contributed by atoms with Gasteiger partial charge < -0.3 is 19.6 Å². The van der Waals surface area contributed by atoms with Gasteiger partial charge in [-0.1, -0.05) is 6.07 Å². The van der Waals surface area contributed by atoms with Crippen LogP contribution in [-0.2, 0) is 11.2 Å². The van der Waals surface area contributed by atoms with E-state index in [4.69, 9.17) is 0 Å². The number of likely N-dealkylation sites (tertiary alicyclic amines) is 1. The van der Waals surface area contributed by atoms with E-state index in [-0.39, 0.29) is 29.6 Å². The zero-order valence-electron chi connectivity index (χ0n) is 13.1. The second-order valence-corrected chi connectivity index (χ2v) is 5.96. The van der Waals surface area contributed by atoms with E-state index in [0.29, 0.717) is 13.1 Å². The standard InChI is InChI=1S/C17H19N3O4/c21-15-4-3-12(11-18-15)10-16(22)19-8-5-13(6-9-19)20-7-1-2-14(20)17(23)24/h1-4,7,11,13H,5-6,8-10H2,(H,18,21)(H,23,24). The second-order valence-electron chi connectivity index (χ2n) is 5.96. The minimum Gasteiger partial charge on any atom is -0.477 e.